The Hall–Kier alpha value is -0.770. The van der Waals surface area contributed by atoms with Gasteiger partial charge in [0.1, 0.15) is 0 Å². The minimum Gasteiger partial charge on any atom is -0.316 e. The number of likely N-dealkylation sites (N-methyl/N-ethyl adjacent to an activating group) is 1. The van der Waals surface area contributed by atoms with Gasteiger partial charge in [0.25, 0.3) is 0 Å². The standard InChI is InChI=1S/C14H19NS2/c1-5-11-13(6-2)17-10(3)12(14(11)16)8-7-9-15-4/h5-8,15H,9H2,1-4H3/b8-7-,11-5+,13-6+. The molecule has 0 unspecified atom stereocenters. The summed E-state index contributed by atoms with van der Waals surface area (Å²) in [5, 5.41) is 4.28. The molecule has 0 fully saturated rings. The smallest absolute Gasteiger partial charge is 0.0543 e. The van der Waals surface area contributed by atoms with Gasteiger partial charge in [-0.25, -0.2) is 0 Å². The second-order valence-electron chi connectivity index (χ2n) is 3.72. The maximum Gasteiger partial charge on any atom is 0.0543 e. The molecule has 1 rings (SSSR count). The molecule has 1 aromatic rings. The van der Waals surface area contributed by atoms with Gasteiger partial charge in [0.2, 0.25) is 0 Å². The topological polar surface area (TPSA) is 12.0 Å². The lowest BCUT2D eigenvalue weighted by atomic mass is 10.2. The van der Waals surface area contributed by atoms with Crippen LogP contribution in [0.4, 0.5) is 0 Å². The van der Waals surface area contributed by atoms with Crippen LogP contribution in [0.5, 0.6) is 0 Å². The second kappa shape index (κ2) is 6.84. The molecule has 1 aromatic heterocycles. The SMILES string of the molecule is C/C=c1/sc(C)c(/C=C\CNC)c(=S)/c1=C/C. The Morgan fingerprint density at radius 2 is 2.00 bits per heavy atom. The normalized spacial score (nSPS) is 13.9. The van der Waals surface area contributed by atoms with E-state index in [4.69, 9.17) is 12.2 Å². The monoisotopic (exact) mass is 265 g/mol. The summed E-state index contributed by atoms with van der Waals surface area (Å²) in [6, 6.07) is 0. The highest BCUT2D eigenvalue weighted by Crippen LogP contribution is 2.11. The predicted octanol–water partition coefficient (Wildman–Crippen LogP) is 2.62. The first-order valence-corrected chi connectivity index (χ1v) is 6.95. The molecule has 1 heterocycles. The third-order valence-corrected chi connectivity index (χ3v) is 4.20. The molecule has 0 bridgehead atoms. The number of aryl methyl sites for hydroxylation is 1. The van der Waals surface area contributed by atoms with Gasteiger partial charge in [-0.2, -0.15) is 0 Å². The van der Waals surface area contributed by atoms with Crippen LogP contribution in [0.15, 0.2) is 6.08 Å². The van der Waals surface area contributed by atoms with Crippen LogP contribution in [-0.4, -0.2) is 13.6 Å². The third-order valence-electron chi connectivity index (χ3n) is 2.55. The van der Waals surface area contributed by atoms with Crippen LogP contribution in [-0.2, 0) is 0 Å². The molecule has 17 heavy (non-hydrogen) atoms. The van der Waals surface area contributed by atoms with Crippen LogP contribution in [0.3, 0.4) is 0 Å². The molecule has 1 N–H and O–H groups in total. The fourth-order valence-corrected chi connectivity index (χ4v) is 3.30. The summed E-state index contributed by atoms with van der Waals surface area (Å²) in [4.78, 5) is 1.28. The van der Waals surface area contributed by atoms with Crippen molar-refractivity contribution in [3.05, 3.63) is 30.8 Å². The second-order valence-corrected chi connectivity index (χ2v) is 5.38. The minimum absolute atomic E-state index is 0.867. The van der Waals surface area contributed by atoms with Crippen LogP contribution >= 0.6 is 23.6 Å². The van der Waals surface area contributed by atoms with Crippen molar-refractivity contribution in [3.63, 3.8) is 0 Å². The Morgan fingerprint density at radius 3 is 2.53 bits per heavy atom. The highest BCUT2D eigenvalue weighted by Gasteiger charge is 2.00. The average Bonchev–Trinajstić information content (AvgIpc) is 2.32. The molecule has 0 radical (unpaired) electrons. The van der Waals surface area contributed by atoms with Crippen LogP contribution in [0.2, 0.25) is 0 Å². The van der Waals surface area contributed by atoms with Gasteiger partial charge in [-0.1, -0.05) is 36.5 Å². The quantitative estimate of drug-likeness (QED) is 0.843. The Bertz CT molecular complexity index is 579. The first kappa shape index (κ1) is 14.3. The summed E-state index contributed by atoms with van der Waals surface area (Å²) in [6.45, 7) is 7.10. The van der Waals surface area contributed by atoms with Crippen molar-refractivity contribution < 1.29 is 0 Å². The van der Waals surface area contributed by atoms with Crippen molar-refractivity contribution in [2.75, 3.05) is 13.6 Å². The molecule has 0 atom stereocenters. The maximum atomic E-state index is 5.57. The number of hydrogen-bond donors (Lipinski definition) is 1. The molecular weight excluding hydrogens is 246 g/mol. The molecule has 0 aliphatic carbocycles. The van der Waals surface area contributed by atoms with E-state index in [1.54, 1.807) is 11.3 Å². The first-order valence-electron chi connectivity index (χ1n) is 5.73. The van der Waals surface area contributed by atoms with Crippen molar-refractivity contribution in [2.24, 2.45) is 0 Å². The third kappa shape index (κ3) is 3.35. The van der Waals surface area contributed by atoms with Crippen molar-refractivity contribution in [3.8, 4) is 0 Å². The van der Waals surface area contributed by atoms with Crippen molar-refractivity contribution in [1.82, 2.24) is 5.32 Å². The lowest BCUT2D eigenvalue weighted by Crippen LogP contribution is -2.24. The number of nitrogens with one attached hydrogen (secondary N) is 1. The molecule has 0 amide bonds. The zero-order chi connectivity index (χ0) is 12.8. The minimum atomic E-state index is 0.867. The molecule has 3 heteroatoms. The van der Waals surface area contributed by atoms with Gasteiger partial charge in [-0.3, -0.25) is 0 Å². The molecular formula is C14H19NS2. The van der Waals surface area contributed by atoms with E-state index < -0.39 is 0 Å². The molecule has 0 spiro atoms. The van der Waals surface area contributed by atoms with Gasteiger partial charge in [0.05, 0.1) is 4.51 Å². The predicted molar refractivity (Wildman–Crippen MR) is 82.4 cm³/mol. The summed E-state index contributed by atoms with van der Waals surface area (Å²) in [6.07, 6.45) is 8.46. The van der Waals surface area contributed by atoms with Gasteiger partial charge in [0.15, 0.2) is 0 Å². The molecule has 0 saturated heterocycles. The van der Waals surface area contributed by atoms with E-state index in [1.807, 2.05) is 14.0 Å². The molecule has 1 nitrogen and oxygen atoms in total. The highest BCUT2D eigenvalue weighted by atomic mass is 32.1. The Kier molecular flexibility index (Phi) is 5.75. The summed E-state index contributed by atoms with van der Waals surface area (Å²) in [5.41, 5.74) is 1.18. The average molecular weight is 265 g/mol. The van der Waals surface area contributed by atoms with E-state index in [0.29, 0.717) is 0 Å². The van der Waals surface area contributed by atoms with Crippen LogP contribution in [0.25, 0.3) is 18.2 Å². The van der Waals surface area contributed by atoms with Gasteiger partial charge in [0, 0.05) is 26.7 Å². The van der Waals surface area contributed by atoms with E-state index in [-0.39, 0.29) is 0 Å². The first-order chi connectivity index (χ1) is 8.15. The lowest BCUT2D eigenvalue weighted by Gasteiger charge is -2.01. The van der Waals surface area contributed by atoms with Crippen molar-refractivity contribution >= 4 is 41.8 Å². The number of rotatable bonds is 3. The van der Waals surface area contributed by atoms with Gasteiger partial charge in [-0.15, -0.1) is 11.3 Å². The molecule has 0 aliphatic rings. The molecule has 0 aliphatic heterocycles. The summed E-state index contributed by atoms with van der Waals surface area (Å²) in [5.74, 6) is 0. The molecule has 0 saturated carbocycles. The van der Waals surface area contributed by atoms with E-state index >= 15 is 0 Å². The number of hydrogen-bond acceptors (Lipinski definition) is 3. The zero-order valence-electron chi connectivity index (χ0n) is 10.8. The van der Waals surface area contributed by atoms with Gasteiger partial charge >= 0.3 is 0 Å². The lowest BCUT2D eigenvalue weighted by molar-refractivity contribution is 0.922. The Balaban J connectivity index is 3.50. The summed E-state index contributed by atoms with van der Waals surface area (Å²) in [7, 11) is 1.94. The summed E-state index contributed by atoms with van der Waals surface area (Å²) >= 11 is 7.37. The zero-order valence-corrected chi connectivity index (χ0v) is 12.5. The maximum absolute atomic E-state index is 5.57. The van der Waals surface area contributed by atoms with E-state index in [2.05, 4.69) is 43.5 Å². The largest absolute Gasteiger partial charge is 0.316 e. The highest BCUT2D eigenvalue weighted by molar-refractivity contribution is 7.71. The van der Waals surface area contributed by atoms with Crippen molar-refractivity contribution in [2.45, 2.75) is 20.8 Å². The fourth-order valence-electron chi connectivity index (χ4n) is 1.67. The Morgan fingerprint density at radius 1 is 1.29 bits per heavy atom. The molecule has 0 aromatic carbocycles. The van der Waals surface area contributed by atoms with E-state index in [1.165, 1.54) is 20.2 Å². The molecule has 92 valence electrons. The van der Waals surface area contributed by atoms with Crippen LogP contribution in [0, 0.1) is 11.4 Å². The van der Waals surface area contributed by atoms with Gasteiger partial charge in [-0.05, 0) is 27.8 Å². The fraction of sp³-hybridized carbons (Fsp3) is 0.357. The van der Waals surface area contributed by atoms with Crippen molar-refractivity contribution in [1.29, 1.82) is 0 Å². The van der Waals surface area contributed by atoms with Crippen LogP contribution in [0.1, 0.15) is 24.3 Å². The Labute approximate surface area is 112 Å². The van der Waals surface area contributed by atoms with Crippen LogP contribution < -0.4 is 15.1 Å². The van der Waals surface area contributed by atoms with E-state index in [0.717, 1.165) is 11.1 Å². The summed E-state index contributed by atoms with van der Waals surface area (Å²) < 4.78 is 2.23. The van der Waals surface area contributed by atoms with Gasteiger partial charge < -0.3 is 5.32 Å². The van der Waals surface area contributed by atoms with E-state index in [9.17, 15) is 0 Å².